The van der Waals surface area contributed by atoms with Gasteiger partial charge in [-0.2, -0.15) is 0 Å². The number of hydrogen-bond donors (Lipinski definition) is 0. The summed E-state index contributed by atoms with van der Waals surface area (Å²) in [5.41, 5.74) is 0. The van der Waals surface area contributed by atoms with E-state index in [1.165, 1.54) is 0 Å². The molecule has 0 N–H and O–H groups in total. The molecule has 2 heterocycles. The molecule has 0 unspecified atom stereocenters. The van der Waals surface area contributed by atoms with Gasteiger partial charge in [-0.1, -0.05) is 7.60 Å². The van der Waals surface area contributed by atoms with Gasteiger partial charge in [0.2, 0.25) is 12.7 Å². The summed E-state index contributed by atoms with van der Waals surface area (Å²) in [4.78, 5) is 18.2. The Labute approximate surface area is 126 Å². The zero-order valence-electron chi connectivity index (χ0n) is 13.3. The molecule has 0 aromatic carbocycles. The fraction of sp³-hybridized carbons (Fsp3) is 0.538. The molecule has 2 aromatic heterocycles. The second-order valence-electron chi connectivity index (χ2n) is 4.59. The average molecular weight is 316 g/mol. The third-order valence-electron chi connectivity index (χ3n) is 2.38. The quantitative estimate of drug-likeness (QED) is 0.537. The summed E-state index contributed by atoms with van der Waals surface area (Å²) < 4.78 is 17.4. The Balaban J connectivity index is 0.000000296. The predicted octanol–water partition coefficient (Wildman–Crippen LogP) is -0.805. The zero-order valence-corrected chi connectivity index (χ0v) is 14.2. The molecule has 2 aromatic rings. The Kier molecular flexibility index (Phi) is 8.85. The molecule has 0 saturated carbocycles. The van der Waals surface area contributed by atoms with Crippen LogP contribution in [0.1, 0.15) is 13.8 Å². The van der Waals surface area contributed by atoms with Gasteiger partial charge in [0.05, 0.1) is 27.2 Å². The van der Waals surface area contributed by atoms with Gasteiger partial charge in [-0.25, -0.2) is 18.3 Å². The lowest BCUT2D eigenvalue weighted by Gasteiger charge is -2.22. The van der Waals surface area contributed by atoms with Gasteiger partial charge in [0.1, 0.15) is 24.8 Å². The Hall–Kier alpha value is -1.43. The Morgan fingerprint density at radius 3 is 1.33 bits per heavy atom. The molecular weight excluding hydrogens is 291 g/mol. The number of aryl methyl sites for hydroxylation is 4. The summed E-state index contributed by atoms with van der Waals surface area (Å²) in [5.74, 6) is 0. The number of aromatic nitrogens is 4. The summed E-state index contributed by atoms with van der Waals surface area (Å²) in [5, 5.41) is 0. The van der Waals surface area contributed by atoms with Crippen LogP contribution in [0.3, 0.4) is 0 Å². The van der Waals surface area contributed by atoms with Crippen LogP contribution in [0.15, 0.2) is 37.4 Å². The second kappa shape index (κ2) is 9.50. The van der Waals surface area contributed by atoms with E-state index in [4.69, 9.17) is 14.4 Å². The van der Waals surface area contributed by atoms with E-state index < -0.39 is 7.60 Å². The van der Waals surface area contributed by atoms with Crippen molar-refractivity contribution in [2.45, 2.75) is 26.9 Å². The predicted molar refractivity (Wildman–Crippen MR) is 76.1 cm³/mol. The maximum absolute atomic E-state index is 9.10. The largest absolute Gasteiger partial charge is 0.811 e. The molecule has 120 valence electrons. The van der Waals surface area contributed by atoms with Crippen LogP contribution in [0.4, 0.5) is 0 Å². The van der Waals surface area contributed by atoms with Crippen LogP contribution in [0.25, 0.3) is 0 Å². The van der Waals surface area contributed by atoms with Crippen molar-refractivity contribution in [2.75, 3.05) is 6.66 Å². The van der Waals surface area contributed by atoms with Crippen molar-refractivity contribution in [1.82, 2.24) is 9.13 Å². The molecule has 7 nitrogen and oxygen atoms in total. The molecule has 8 heteroatoms. The topological polar surface area (TPSA) is 80.8 Å². The molecule has 0 fully saturated rings. The van der Waals surface area contributed by atoms with Gasteiger partial charge in [0.15, 0.2) is 0 Å². The van der Waals surface area contributed by atoms with Crippen molar-refractivity contribution in [3.8, 4) is 0 Å². The highest BCUT2D eigenvalue weighted by Gasteiger charge is 1.92. The van der Waals surface area contributed by atoms with Crippen LogP contribution in [0, 0.1) is 0 Å². The summed E-state index contributed by atoms with van der Waals surface area (Å²) in [7, 11) is -0.0989. The third kappa shape index (κ3) is 12.1. The van der Waals surface area contributed by atoms with Crippen molar-refractivity contribution in [3.05, 3.63) is 37.4 Å². The molecule has 0 aliphatic rings. The molecule has 0 saturated heterocycles. The Morgan fingerprint density at radius 2 is 1.24 bits per heavy atom. The van der Waals surface area contributed by atoms with Crippen LogP contribution < -0.4 is 18.9 Å². The van der Waals surface area contributed by atoms with Crippen molar-refractivity contribution >= 4 is 7.60 Å². The van der Waals surface area contributed by atoms with Gasteiger partial charge >= 0.3 is 0 Å². The van der Waals surface area contributed by atoms with E-state index in [2.05, 4.69) is 48.0 Å². The van der Waals surface area contributed by atoms with E-state index >= 15 is 0 Å². The van der Waals surface area contributed by atoms with Gasteiger partial charge in [-0.15, -0.1) is 0 Å². The van der Waals surface area contributed by atoms with Crippen molar-refractivity contribution in [2.24, 2.45) is 14.1 Å². The molecule has 0 atom stereocenters. The molecule has 0 amide bonds. The fourth-order valence-corrected chi connectivity index (χ4v) is 1.38. The number of hydrogen-bond acceptors (Lipinski definition) is 3. The van der Waals surface area contributed by atoms with Gasteiger partial charge in [-0.05, 0) is 20.5 Å². The fourth-order valence-electron chi connectivity index (χ4n) is 1.38. The van der Waals surface area contributed by atoms with Gasteiger partial charge in [0.25, 0.3) is 0 Å². The average Bonchev–Trinajstić information content (AvgIpc) is 2.96. The zero-order chi connectivity index (χ0) is 16.5. The lowest BCUT2D eigenvalue weighted by molar-refractivity contribution is -0.671. The van der Waals surface area contributed by atoms with E-state index in [0.717, 1.165) is 13.1 Å². The smallest absolute Gasteiger partial charge is 0.243 e. The van der Waals surface area contributed by atoms with E-state index in [9.17, 15) is 0 Å². The monoisotopic (exact) mass is 316 g/mol. The first-order chi connectivity index (χ1) is 9.65. The first-order valence-electron chi connectivity index (χ1n) is 6.67. The lowest BCUT2D eigenvalue weighted by Crippen LogP contribution is -2.23. The number of nitrogens with zero attached hydrogens (tertiary/aromatic N) is 4. The first-order valence-corrected chi connectivity index (χ1v) is 8.66. The van der Waals surface area contributed by atoms with E-state index in [0.29, 0.717) is 6.66 Å². The molecule has 0 bridgehead atoms. The van der Waals surface area contributed by atoms with Gasteiger partial charge < -0.3 is 14.4 Å². The van der Waals surface area contributed by atoms with E-state index in [1.807, 2.05) is 35.6 Å². The lowest BCUT2D eigenvalue weighted by atomic mass is 10.7. The normalized spacial score (nSPS) is 10.2. The number of rotatable bonds is 2. The van der Waals surface area contributed by atoms with E-state index in [-0.39, 0.29) is 0 Å². The molecular formula is C13H25N4O3P. The van der Waals surface area contributed by atoms with Gasteiger partial charge in [-0.3, -0.25) is 0 Å². The summed E-state index contributed by atoms with van der Waals surface area (Å²) in [6.45, 7) is 6.99. The molecule has 0 spiro atoms. The van der Waals surface area contributed by atoms with Crippen LogP contribution in [-0.4, -0.2) is 15.8 Å². The minimum Gasteiger partial charge on any atom is -0.811 e. The van der Waals surface area contributed by atoms with Crippen molar-refractivity contribution < 1.29 is 23.5 Å². The van der Waals surface area contributed by atoms with Crippen LogP contribution >= 0.6 is 7.60 Å². The molecule has 0 aliphatic heterocycles. The number of imidazole rings is 2. The maximum atomic E-state index is 9.10. The Bertz CT molecular complexity index is 511. The van der Waals surface area contributed by atoms with Crippen LogP contribution in [-0.2, 0) is 31.7 Å². The second-order valence-corrected chi connectivity index (χ2v) is 6.13. The highest BCUT2D eigenvalue weighted by atomic mass is 31.2. The van der Waals surface area contributed by atoms with Gasteiger partial charge in [0, 0.05) is 0 Å². The molecule has 2 rings (SSSR count). The third-order valence-corrected chi connectivity index (χ3v) is 2.38. The molecule has 21 heavy (non-hydrogen) atoms. The molecule has 0 radical (unpaired) electrons. The van der Waals surface area contributed by atoms with Crippen molar-refractivity contribution in [1.29, 1.82) is 0 Å². The minimum atomic E-state index is -4.14. The summed E-state index contributed by atoms with van der Waals surface area (Å²) in [6.07, 6.45) is 12.3. The highest BCUT2D eigenvalue weighted by molar-refractivity contribution is 7.47. The van der Waals surface area contributed by atoms with Crippen LogP contribution in [0.5, 0.6) is 0 Å². The Morgan fingerprint density at radius 1 is 0.952 bits per heavy atom. The minimum absolute atomic E-state index is 0.632. The van der Waals surface area contributed by atoms with Crippen molar-refractivity contribution in [3.63, 3.8) is 0 Å². The summed E-state index contributed by atoms with van der Waals surface area (Å²) in [6, 6.07) is 0. The van der Waals surface area contributed by atoms with E-state index in [1.54, 1.807) is 0 Å². The van der Waals surface area contributed by atoms with Crippen LogP contribution in [0.2, 0.25) is 0 Å². The SMILES string of the molecule is CCn1cc[n+](C)c1.CCn1cc[n+](C)c1.CP(=O)([O-])[O-]. The summed E-state index contributed by atoms with van der Waals surface area (Å²) >= 11 is 0. The molecule has 0 aliphatic carbocycles. The first kappa shape index (κ1) is 19.6. The highest BCUT2D eigenvalue weighted by Crippen LogP contribution is 2.12. The standard InChI is InChI=1S/2C6H11N2.CH5O3P/c2*1-3-8-5-4-7(2)6-8;1-5(2,3)4/h2*4-6H,3H2,1-2H3;1H3,(H2,2,3,4)/q2*+1;/p-2. The maximum Gasteiger partial charge on any atom is 0.243 e.